The van der Waals surface area contributed by atoms with Crippen molar-refractivity contribution in [2.75, 3.05) is 11.4 Å². The van der Waals surface area contributed by atoms with Gasteiger partial charge in [-0.2, -0.15) is 0 Å². The van der Waals surface area contributed by atoms with Crippen molar-refractivity contribution < 1.29 is 14.0 Å². The molecule has 1 atom stereocenters. The highest BCUT2D eigenvalue weighted by Crippen LogP contribution is 2.24. The third-order valence-electron chi connectivity index (χ3n) is 3.76. The molecule has 0 saturated carbocycles. The first-order chi connectivity index (χ1) is 11.1. The number of hydrogen-bond acceptors (Lipinski definition) is 2. The second-order valence-corrected chi connectivity index (χ2v) is 6.18. The maximum absolute atomic E-state index is 13.8. The van der Waals surface area contributed by atoms with Gasteiger partial charge in [-0.15, -0.1) is 0 Å². The molecule has 0 radical (unpaired) electrons. The summed E-state index contributed by atoms with van der Waals surface area (Å²) in [7, 11) is 0. The van der Waals surface area contributed by atoms with Crippen LogP contribution in [0.5, 0.6) is 0 Å². The Labute approximate surface area is 141 Å². The van der Waals surface area contributed by atoms with Crippen LogP contribution in [0.2, 0.25) is 0 Å². The van der Waals surface area contributed by atoms with E-state index in [1.807, 2.05) is 0 Å². The lowest BCUT2D eigenvalue weighted by Gasteiger charge is -2.17. The summed E-state index contributed by atoms with van der Waals surface area (Å²) in [5.74, 6) is -1.05. The SMILES string of the molecule is O=C(NC1CCN(c2ccccc2F)C1=O)c1ccc(Br)cc1. The predicted molar refractivity (Wildman–Crippen MR) is 88.8 cm³/mol. The fraction of sp³-hybridized carbons (Fsp3) is 0.176. The molecular weight excluding hydrogens is 363 g/mol. The van der Waals surface area contributed by atoms with Crippen LogP contribution in [0, 0.1) is 5.82 Å². The van der Waals surface area contributed by atoms with E-state index >= 15 is 0 Å². The van der Waals surface area contributed by atoms with Crippen LogP contribution in [0.3, 0.4) is 0 Å². The summed E-state index contributed by atoms with van der Waals surface area (Å²) in [5.41, 5.74) is 0.725. The third kappa shape index (κ3) is 3.27. The molecule has 1 N–H and O–H groups in total. The Bertz CT molecular complexity index is 749. The van der Waals surface area contributed by atoms with Crippen molar-refractivity contribution in [1.82, 2.24) is 5.32 Å². The van der Waals surface area contributed by atoms with Crippen molar-refractivity contribution in [3.63, 3.8) is 0 Å². The highest BCUT2D eigenvalue weighted by Gasteiger charge is 2.34. The summed E-state index contributed by atoms with van der Waals surface area (Å²) in [6, 6.07) is 12.4. The molecule has 118 valence electrons. The molecule has 1 heterocycles. The Morgan fingerprint density at radius 3 is 2.57 bits per heavy atom. The van der Waals surface area contributed by atoms with Crippen LogP contribution < -0.4 is 10.2 Å². The number of para-hydroxylation sites is 1. The average molecular weight is 377 g/mol. The quantitative estimate of drug-likeness (QED) is 0.894. The Morgan fingerprint density at radius 1 is 1.17 bits per heavy atom. The minimum atomic E-state index is -0.634. The van der Waals surface area contributed by atoms with Crippen LogP contribution >= 0.6 is 15.9 Å². The smallest absolute Gasteiger partial charge is 0.251 e. The van der Waals surface area contributed by atoms with Crippen LogP contribution in [-0.2, 0) is 4.79 Å². The number of rotatable bonds is 3. The topological polar surface area (TPSA) is 49.4 Å². The summed E-state index contributed by atoms with van der Waals surface area (Å²) < 4.78 is 14.7. The molecule has 3 rings (SSSR count). The summed E-state index contributed by atoms with van der Waals surface area (Å²) >= 11 is 3.30. The number of amides is 2. The number of halogens is 2. The second kappa shape index (κ2) is 6.50. The van der Waals surface area contributed by atoms with Gasteiger partial charge in [0.25, 0.3) is 5.91 Å². The van der Waals surface area contributed by atoms with Crippen molar-refractivity contribution in [1.29, 1.82) is 0 Å². The molecule has 23 heavy (non-hydrogen) atoms. The zero-order valence-corrected chi connectivity index (χ0v) is 13.7. The first-order valence-corrected chi connectivity index (χ1v) is 7.98. The van der Waals surface area contributed by atoms with Gasteiger partial charge >= 0.3 is 0 Å². The zero-order valence-electron chi connectivity index (χ0n) is 12.1. The molecule has 2 aromatic rings. The molecule has 6 heteroatoms. The molecule has 4 nitrogen and oxygen atoms in total. The van der Waals surface area contributed by atoms with E-state index in [1.165, 1.54) is 11.0 Å². The molecule has 1 aliphatic heterocycles. The standard InChI is InChI=1S/C17H14BrFN2O2/c18-12-7-5-11(6-8-12)16(22)20-14-9-10-21(17(14)23)15-4-2-1-3-13(15)19/h1-8,14H,9-10H2,(H,20,22). The van der Waals surface area contributed by atoms with Crippen LogP contribution in [0.15, 0.2) is 53.0 Å². The number of carbonyl (C=O) groups is 2. The maximum atomic E-state index is 13.8. The first kappa shape index (κ1) is 15.7. The Morgan fingerprint density at radius 2 is 1.87 bits per heavy atom. The molecule has 0 aromatic heterocycles. The van der Waals surface area contributed by atoms with Crippen molar-refractivity contribution in [3.05, 3.63) is 64.4 Å². The van der Waals surface area contributed by atoms with E-state index < -0.39 is 11.9 Å². The monoisotopic (exact) mass is 376 g/mol. The Kier molecular flexibility index (Phi) is 4.43. The van der Waals surface area contributed by atoms with E-state index in [4.69, 9.17) is 0 Å². The minimum Gasteiger partial charge on any atom is -0.340 e. The molecule has 1 saturated heterocycles. The highest BCUT2D eigenvalue weighted by molar-refractivity contribution is 9.10. The molecule has 1 unspecified atom stereocenters. The molecular formula is C17H14BrFN2O2. The summed E-state index contributed by atoms with van der Waals surface area (Å²) in [6.45, 7) is 0.380. The van der Waals surface area contributed by atoms with Gasteiger partial charge in [0.1, 0.15) is 11.9 Å². The lowest BCUT2D eigenvalue weighted by Crippen LogP contribution is -2.41. The van der Waals surface area contributed by atoms with Gasteiger partial charge < -0.3 is 10.2 Å². The third-order valence-corrected chi connectivity index (χ3v) is 4.29. The van der Waals surface area contributed by atoms with Crippen molar-refractivity contribution >= 4 is 33.4 Å². The number of carbonyl (C=O) groups excluding carboxylic acids is 2. The highest BCUT2D eigenvalue weighted by atomic mass is 79.9. The van der Waals surface area contributed by atoms with Crippen LogP contribution in [0.1, 0.15) is 16.8 Å². The Balaban J connectivity index is 1.71. The number of nitrogens with one attached hydrogen (secondary N) is 1. The predicted octanol–water partition coefficient (Wildman–Crippen LogP) is 3.12. The summed E-state index contributed by atoms with van der Waals surface area (Å²) in [5, 5.41) is 2.72. The van der Waals surface area contributed by atoms with Crippen molar-refractivity contribution in [2.24, 2.45) is 0 Å². The van der Waals surface area contributed by atoms with E-state index in [0.717, 1.165) is 4.47 Å². The fourth-order valence-corrected chi connectivity index (χ4v) is 2.83. The van der Waals surface area contributed by atoms with Gasteiger partial charge in [-0.1, -0.05) is 28.1 Å². The van der Waals surface area contributed by atoms with Crippen LogP contribution in [0.25, 0.3) is 0 Å². The van der Waals surface area contributed by atoms with Gasteiger partial charge in [0, 0.05) is 16.6 Å². The van der Waals surface area contributed by atoms with Crippen LogP contribution in [-0.4, -0.2) is 24.4 Å². The normalized spacial score (nSPS) is 17.4. The lowest BCUT2D eigenvalue weighted by molar-refractivity contribution is -0.118. The summed E-state index contributed by atoms with van der Waals surface area (Å²) in [4.78, 5) is 26.0. The maximum Gasteiger partial charge on any atom is 0.251 e. The van der Waals surface area contributed by atoms with Gasteiger partial charge in [0.2, 0.25) is 5.91 Å². The minimum absolute atomic E-state index is 0.248. The second-order valence-electron chi connectivity index (χ2n) is 5.26. The van der Waals surface area contributed by atoms with E-state index in [1.54, 1.807) is 42.5 Å². The molecule has 0 aliphatic carbocycles. The van der Waals surface area contributed by atoms with Gasteiger partial charge in [-0.25, -0.2) is 4.39 Å². The van der Waals surface area contributed by atoms with Crippen LogP contribution in [0.4, 0.5) is 10.1 Å². The number of nitrogens with zero attached hydrogens (tertiary/aromatic N) is 1. The van der Waals surface area contributed by atoms with E-state index in [2.05, 4.69) is 21.2 Å². The van der Waals surface area contributed by atoms with Crippen molar-refractivity contribution in [3.8, 4) is 0 Å². The van der Waals surface area contributed by atoms with E-state index in [0.29, 0.717) is 18.5 Å². The zero-order chi connectivity index (χ0) is 16.4. The number of hydrogen-bond donors (Lipinski definition) is 1. The molecule has 1 fully saturated rings. The van der Waals surface area contributed by atoms with Crippen molar-refractivity contribution in [2.45, 2.75) is 12.5 Å². The number of benzene rings is 2. The summed E-state index contributed by atoms with van der Waals surface area (Å²) in [6.07, 6.45) is 0.454. The molecule has 2 aromatic carbocycles. The van der Waals surface area contributed by atoms with E-state index in [9.17, 15) is 14.0 Å². The van der Waals surface area contributed by atoms with E-state index in [-0.39, 0.29) is 17.5 Å². The average Bonchev–Trinajstić information content (AvgIpc) is 2.89. The molecule has 0 spiro atoms. The van der Waals surface area contributed by atoms with Gasteiger partial charge in [0.05, 0.1) is 5.69 Å². The van der Waals surface area contributed by atoms with Gasteiger partial charge in [-0.3, -0.25) is 9.59 Å². The van der Waals surface area contributed by atoms with Gasteiger partial charge in [0.15, 0.2) is 0 Å². The molecule has 2 amide bonds. The lowest BCUT2D eigenvalue weighted by atomic mass is 10.2. The van der Waals surface area contributed by atoms with Gasteiger partial charge in [-0.05, 0) is 42.8 Å². The Hall–Kier alpha value is -2.21. The molecule has 0 bridgehead atoms. The largest absolute Gasteiger partial charge is 0.340 e. The molecule has 1 aliphatic rings. The fourth-order valence-electron chi connectivity index (χ4n) is 2.57. The first-order valence-electron chi connectivity index (χ1n) is 7.18. The number of anilines is 1.